The normalized spacial score (nSPS) is 10.4. The van der Waals surface area contributed by atoms with Gasteiger partial charge in [0.1, 0.15) is 11.5 Å². The standard InChI is InChI=1S/C21H17ClFN3O2/c22-17-7-5-14(6-8-17)12-25-20(27)15-9-10-24-19(11-15)21(28)26-13-16-3-1-2-4-18(16)23/h1-11H,12-13H2,(H,25,27)(H,26,28). The third-order valence-electron chi connectivity index (χ3n) is 4.02. The molecule has 142 valence electrons. The Morgan fingerprint density at radius 3 is 2.39 bits per heavy atom. The number of aromatic nitrogens is 1. The van der Waals surface area contributed by atoms with Crippen LogP contribution in [0.15, 0.2) is 66.9 Å². The minimum atomic E-state index is -0.490. The van der Waals surface area contributed by atoms with E-state index >= 15 is 0 Å². The highest BCUT2D eigenvalue weighted by Crippen LogP contribution is 2.10. The molecule has 0 radical (unpaired) electrons. The number of hydrogen-bond donors (Lipinski definition) is 2. The first-order chi connectivity index (χ1) is 13.5. The summed E-state index contributed by atoms with van der Waals surface area (Å²) in [5.74, 6) is -1.22. The molecule has 3 rings (SSSR count). The fraction of sp³-hybridized carbons (Fsp3) is 0.0952. The second kappa shape index (κ2) is 9.10. The first-order valence-electron chi connectivity index (χ1n) is 8.53. The van der Waals surface area contributed by atoms with E-state index in [9.17, 15) is 14.0 Å². The Labute approximate surface area is 166 Å². The molecule has 0 unspecified atom stereocenters. The molecule has 2 aromatic carbocycles. The Morgan fingerprint density at radius 1 is 0.929 bits per heavy atom. The summed E-state index contributed by atoms with van der Waals surface area (Å²) in [5.41, 5.74) is 1.65. The van der Waals surface area contributed by atoms with Crippen molar-refractivity contribution in [2.75, 3.05) is 0 Å². The second-order valence-corrected chi connectivity index (χ2v) is 6.45. The first kappa shape index (κ1) is 19.5. The van der Waals surface area contributed by atoms with Gasteiger partial charge in [-0.05, 0) is 35.9 Å². The van der Waals surface area contributed by atoms with E-state index in [1.54, 1.807) is 30.3 Å². The van der Waals surface area contributed by atoms with E-state index in [1.165, 1.54) is 24.4 Å². The van der Waals surface area contributed by atoms with Gasteiger partial charge >= 0.3 is 0 Å². The lowest BCUT2D eigenvalue weighted by molar-refractivity contribution is 0.0945. The van der Waals surface area contributed by atoms with Gasteiger partial charge in [0.05, 0.1) is 0 Å². The lowest BCUT2D eigenvalue weighted by Gasteiger charge is -2.08. The number of benzene rings is 2. The minimum absolute atomic E-state index is 0.0280. The summed E-state index contributed by atoms with van der Waals surface area (Å²) in [6.45, 7) is 0.354. The van der Waals surface area contributed by atoms with Crippen molar-refractivity contribution in [2.45, 2.75) is 13.1 Å². The summed E-state index contributed by atoms with van der Waals surface area (Å²) in [6.07, 6.45) is 1.38. The van der Waals surface area contributed by atoms with E-state index in [0.717, 1.165) is 5.56 Å². The lowest BCUT2D eigenvalue weighted by Crippen LogP contribution is -2.26. The maximum atomic E-state index is 13.6. The second-order valence-electron chi connectivity index (χ2n) is 6.01. The zero-order chi connectivity index (χ0) is 19.9. The topological polar surface area (TPSA) is 71.1 Å². The predicted octanol–water partition coefficient (Wildman–Crippen LogP) is 3.73. The molecule has 28 heavy (non-hydrogen) atoms. The molecular weight excluding hydrogens is 381 g/mol. The highest BCUT2D eigenvalue weighted by molar-refractivity contribution is 6.30. The van der Waals surface area contributed by atoms with Crippen molar-refractivity contribution >= 4 is 23.4 Å². The van der Waals surface area contributed by atoms with Crippen molar-refractivity contribution in [3.8, 4) is 0 Å². The molecular formula is C21H17ClFN3O2. The lowest BCUT2D eigenvalue weighted by atomic mass is 10.1. The van der Waals surface area contributed by atoms with E-state index in [4.69, 9.17) is 11.6 Å². The molecule has 2 amide bonds. The molecule has 0 aliphatic carbocycles. The number of hydrogen-bond acceptors (Lipinski definition) is 3. The summed E-state index contributed by atoms with van der Waals surface area (Å²) in [7, 11) is 0. The molecule has 0 spiro atoms. The molecule has 2 N–H and O–H groups in total. The maximum Gasteiger partial charge on any atom is 0.270 e. The van der Waals surface area contributed by atoms with Crippen LogP contribution in [0.2, 0.25) is 5.02 Å². The van der Waals surface area contributed by atoms with Gasteiger partial charge < -0.3 is 10.6 Å². The van der Waals surface area contributed by atoms with Crippen molar-refractivity contribution in [3.05, 3.63) is 100 Å². The largest absolute Gasteiger partial charge is 0.348 e. The summed E-state index contributed by atoms with van der Waals surface area (Å²) in [4.78, 5) is 28.6. The number of halogens is 2. The fourth-order valence-corrected chi connectivity index (χ4v) is 2.62. The van der Waals surface area contributed by atoms with Crippen molar-refractivity contribution in [3.63, 3.8) is 0 Å². The molecule has 1 heterocycles. The molecule has 0 aliphatic rings. The number of carbonyl (C=O) groups excluding carboxylic acids is 2. The summed E-state index contributed by atoms with van der Waals surface area (Å²) in [5, 5.41) is 6.00. The Kier molecular flexibility index (Phi) is 6.34. The van der Waals surface area contributed by atoms with Crippen LogP contribution in [0.3, 0.4) is 0 Å². The monoisotopic (exact) mass is 397 g/mol. The van der Waals surface area contributed by atoms with Crippen molar-refractivity contribution < 1.29 is 14.0 Å². The van der Waals surface area contributed by atoms with Gasteiger partial charge in [0, 0.05) is 35.4 Å². The number of carbonyl (C=O) groups is 2. The van der Waals surface area contributed by atoms with Crippen LogP contribution in [0, 0.1) is 5.82 Å². The third kappa shape index (κ3) is 5.14. The van der Waals surface area contributed by atoms with E-state index in [1.807, 2.05) is 12.1 Å². The summed E-state index contributed by atoms with van der Waals surface area (Å²) in [6, 6.07) is 16.2. The van der Waals surface area contributed by atoms with Gasteiger partial charge in [-0.1, -0.05) is 41.9 Å². The Bertz CT molecular complexity index is 993. The van der Waals surface area contributed by atoms with Crippen LogP contribution in [0.25, 0.3) is 0 Å². The van der Waals surface area contributed by atoms with Gasteiger partial charge in [0.15, 0.2) is 0 Å². The molecule has 7 heteroatoms. The van der Waals surface area contributed by atoms with Crippen LogP contribution in [0.4, 0.5) is 4.39 Å². The Morgan fingerprint density at radius 2 is 1.64 bits per heavy atom. The van der Waals surface area contributed by atoms with E-state index in [0.29, 0.717) is 22.7 Å². The Hall–Kier alpha value is -3.25. The van der Waals surface area contributed by atoms with E-state index < -0.39 is 11.7 Å². The zero-order valence-corrected chi connectivity index (χ0v) is 15.5. The molecule has 1 aromatic heterocycles. The quantitative estimate of drug-likeness (QED) is 0.665. The average Bonchev–Trinajstić information content (AvgIpc) is 2.72. The third-order valence-corrected chi connectivity index (χ3v) is 4.27. The number of nitrogens with zero attached hydrogens (tertiary/aromatic N) is 1. The number of amides is 2. The van der Waals surface area contributed by atoms with Gasteiger partial charge in [0.2, 0.25) is 0 Å². The van der Waals surface area contributed by atoms with E-state index in [-0.39, 0.29) is 18.1 Å². The first-order valence-corrected chi connectivity index (χ1v) is 8.91. The highest BCUT2D eigenvalue weighted by Gasteiger charge is 2.12. The molecule has 5 nitrogen and oxygen atoms in total. The molecule has 0 atom stereocenters. The number of rotatable bonds is 6. The van der Waals surface area contributed by atoms with Crippen LogP contribution < -0.4 is 10.6 Å². The predicted molar refractivity (Wildman–Crippen MR) is 104 cm³/mol. The van der Waals surface area contributed by atoms with Crippen molar-refractivity contribution in [1.82, 2.24) is 15.6 Å². The van der Waals surface area contributed by atoms with Crippen LogP contribution in [0.1, 0.15) is 32.0 Å². The smallest absolute Gasteiger partial charge is 0.270 e. The van der Waals surface area contributed by atoms with Gasteiger partial charge in [-0.3, -0.25) is 14.6 Å². The number of pyridine rings is 1. The summed E-state index contributed by atoms with van der Waals surface area (Å²) < 4.78 is 13.6. The number of nitrogens with one attached hydrogen (secondary N) is 2. The highest BCUT2D eigenvalue weighted by atomic mass is 35.5. The van der Waals surface area contributed by atoms with Crippen LogP contribution in [0.5, 0.6) is 0 Å². The van der Waals surface area contributed by atoms with Crippen LogP contribution in [-0.4, -0.2) is 16.8 Å². The molecule has 0 bridgehead atoms. The minimum Gasteiger partial charge on any atom is -0.348 e. The van der Waals surface area contributed by atoms with Crippen molar-refractivity contribution in [2.24, 2.45) is 0 Å². The van der Waals surface area contributed by atoms with Gasteiger partial charge in [0.25, 0.3) is 11.8 Å². The Balaban J connectivity index is 1.60. The molecule has 3 aromatic rings. The van der Waals surface area contributed by atoms with Gasteiger partial charge in [-0.15, -0.1) is 0 Å². The summed E-state index contributed by atoms with van der Waals surface area (Å²) >= 11 is 5.84. The van der Waals surface area contributed by atoms with Crippen LogP contribution in [-0.2, 0) is 13.1 Å². The molecule has 0 saturated heterocycles. The fourth-order valence-electron chi connectivity index (χ4n) is 2.49. The molecule has 0 saturated carbocycles. The van der Waals surface area contributed by atoms with E-state index in [2.05, 4.69) is 15.6 Å². The molecule has 0 fully saturated rings. The zero-order valence-electron chi connectivity index (χ0n) is 14.8. The van der Waals surface area contributed by atoms with Crippen LogP contribution >= 0.6 is 11.6 Å². The maximum absolute atomic E-state index is 13.6. The van der Waals surface area contributed by atoms with Gasteiger partial charge in [-0.25, -0.2) is 4.39 Å². The SMILES string of the molecule is O=C(NCc1ccc(Cl)cc1)c1ccnc(C(=O)NCc2ccccc2F)c1. The molecule has 0 aliphatic heterocycles. The van der Waals surface area contributed by atoms with Crippen molar-refractivity contribution in [1.29, 1.82) is 0 Å². The van der Waals surface area contributed by atoms with Gasteiger partial charge in [-0.2, -0.15) is 0 Å². The average molecular weight is 398 g/mol.